The van der Waals surface area contributed by atoms with Gasteiger partial charge in [-0.05, 0) is 13.8 Å². The van der Waals surface area contributed by atoms with E-state index in [1.165, 1.54) is 0 Å². The molecule has 1 N–H and O–H groups in total. The summed E-state index contributed by atoms with van der Waals surface area (Å²) < 4.78 is 10.9. The fourth-order valence-corrected chi connectivity index (χ4v) is 2.72. The maximum absolute atomic E-state index is 12.8. The van der Waals surface area contributed by atoms with Gasteiger partial charge < -0.3 is 19.5 Å². The molecular weight excluding hydrogens is 298 g/mol. The predicted octanol–water partition coefficient (Wildman–Crippen LogP) is 1.34. The minimum atomic E-state index is -0.315. The fourth-order valence-electron chi connectivity index (χ4n) is 2.72. The molecule has 23 heavy (non-hydrogen) atoms. The molecule has 1 fully saturated rings. The van der Waals surface area contributed by atoms with E-state index in [2.05, 4.69) is 20.4 Å². The van der Waals surface area contributed by atoms with E-state index in [-0.39, 0.29) is 12.0 Å². The lowest BCUT2D eigenvalue weighted by Crippen LogP contribution is -2.43. The molecule has 0 aromatic carbocycles. The molecule has 0 aliphatic carbocycles. The zero-order valence-corrected chi connectivity index (χ0v) is 13.4. The topological polar surface area (TPSA) is 93.4 Å². The number of nitrogens with zero attached hydrogens (tertiary/aromatic N) is 4. The van der Waals surface area contributed by atoms with Crippen molar-refractivity contribution in [3.05, 3.63) is 35.1 Å². The quantitative estimate of drug-likeness (QED) is 0.913. The van der Waals surface area contributed by atoms with Gasteiger partial charge in [0.15, 0.2) is 0 Å². The Morgan fingerprint density at radius 2 is 2.13 bits per heavy atom. The SMILES string of the molecule is CNc1nccnc1[C@@H]1CN(C(=O)c2c(C)noc2C)CCO1. The van der Waals surface area contributed by atoms with E-state index in [1.54, 1.807) is 38.2 Å². The first kappa shape index (κ1) is 15.4. The van der Waals surface area contributed by atoms with Crippen molar-refractivity contribution >= 4 is 11.7 Å². The predicted molar refractivity (Wildman–Crippen MR) is 82.2 cm³/mol. The number of ether oxygens (including phenoxy) is 1. The summed E-state index contributed by atoms with van der Waals surface area (Å²) in [5.74, 6) is 1.10. The number of morpholine rings is 1. The molecule has 0 spiro atoms. The van der Waals surface area contributed by atoms with Crippen molar-refractivity contribution in [1.29, 1.82) is 0 Å². The molecule has 3 heterocycles. The van der Waals surface area contributed by atoms with Gasteiger partial charge in [0.2, 0.25) is 0 Å². The molecule has 122 valence electrons. The highest BCUT2D eigenvalue weighted by molar-refractivity contribution is 5.96. The molecule has 0 unspecified atom stereocenters. The van der Waals surface area contributed by atoms with Crippen molar-refractivity contribution in [2.45, 2.75) is 20.0 Å². The molecule has 3 rings (SSSR count). The Balaban J connectivity index is 1.82. The fraction of sp³-hybridized carbons (Fsp3) is 0.467. The Morgan fingerprint density at radius 3 is 2.83 bits per heavy atom. The first-order valence-corrected chi connectivity index (χ1v) is 7.44. The summed E-state index contributed by atoms with van der Waals surface area (Å²) >= 11 is 0. The minimum absolute atomic E-state index is 0.0931. The van der Waals surface area contributed by atoms with Crippen LogP contribution < -0.4 is 5.32 Å². The van der Waals surface area contributed by atoms with Crippen LogP contribution in [0.1, 0.15) is 33.6 Å². The second-order valence-corrected chi connectivity index (χ2v) is 5.35. The van der Waals surface area contributed by atoms with E-state index in [4.69, 9.17) is 9.26 Å². The smallest absolute Gasteiger partial charge is 0.259 e. The normalized spacial score (nSPS) is 18.0. The molecule has 8 heteroatoms. The van der Waals surface area contributed by atoms with Crippen molar-refractivity contribution in [3.63, 3.8) is 0 Å². The third kappa shape index (κ3) is 2.89. The molecule has 2 aromatic heterocycles. The Hall–Kier alpha value is -2.48. The summed E-state index contributed by atoms with van der Waals surface area (Å²) in [6.07, 6.45) is 2.92. The van der Waals surface area contributed by atoms with Crippen LogP contribution in [0, 0.1) is 13.8 Å². The Bertz CT molecular complexity index is 695. The molecule has 1 amide bonds. The van der Waals surface area contributed by atoms with Gasteiger partial charge in [-0.2, -0.15) is 0 Å². The van der Waals surface area contributed by atoms with E-state index in [0.29, 0.717) is 48.2 Å². The highest BCUT2D eigenvalue weighted by atomic mass is 16.5. The van der Waals surface area contributed by atoms with Gasteiger partial charge in [0.05, 0.1) is 18.8 Å². The van der Waals surface area contributed by atoms with E-state index in [9.17, 15) is 4.79 Å². The summed E-state index contributed by atoms with van der Waals surface area (Å²) in [5, 5.41) is 6.85. The number of nitrogens with one attached hydrogen (secondary N) is 1. The van der Waals surface area contributed by atoms with Gasteiger partial charge in [-0.15, -0.1) is 0 Å². The molecule has 8 nitrogen and oxygen atoms in total. The Labute approximate surface area is 133 Å². The molecule has 1 atom stereocenters. The number of carbonyl (C=O) groups excluding carboxylic acids is 1. The molecule has 2 aromatic rings. The number of carbonyl (C=O) groups is 1. The third-order valence-corrected chi connectivity index (χ3v) is 3.87. The van der Waals surface area contributed by atoms with Crippen LogP contribution in [0.15, 0.2) is 16.9 Å². The Kier molecular flexibility index (Phi) is 4.24. The number of anilines is 1. The van der Waals surface area contributed by atoms with Gasteiger partial charge in [-0.3, -0.25) is 9.78 Å². The Morgan fingerprint density at radius 1 is 1.35 bits per heavy atom. The summed E-state index contributed by atoms with van der Waals surface area (Å²) in [4.78, 5) is 23.1. The molecule has 0 bridgehead atoms. The van der Waals surface area contributed by atoms with E-state index in [0.717, 1.165) is 0 Å². The van der Waals surface area contributed by atoms with E-state index in [1.807, 2.05) is 0 Å². The third-order valence-electron chi connectivity index (χ3n) is 3.87. The van der Waals surface area contributed by atoms with Crippen LogP contribution in [0.3, 0.4) is 0 Å². The highest BCUT2D eigenvalue weighted by Crippen LogP contribution is 2.26. The second-order valence-electron chi connectivity index (χ2n) is 5.35. The van der Waals surface area contributed by atoms with Crippen molar-refractivity contribution < 1.29 is 14.1 Å². The molecule has 1 aliphatic rings. The number of rotatable bonds is 3. The van der Waals surface area contributed by atoms with Gasteiger partial charge >= 0.3 is 0 Å². The molecule has 1 saturated heterocycles. The molecular formula is C15H19N5O3. The minimum Gasteiger partial charge on any atom is -0.372 e. The summed E-state index contributed by atoms with van der Waals surface area (Å²) in [7, 11) is 1.78. The van der Waals surface area contributed by atoms with Gasteiger partial charge in [0.25, 0.3) is 5.91 Å². The standard InChI is InChI=1S/C15H19N5O3/c1-9-12(10(2)23-19-9)15(21)20-6-7-22-11(8-20)13-14(16-3)18-5-4-17-13/h4-5,11H,6-8H2,1-3H3,(H,16,18)/t11-/m0/s1. The summed E-state index contributed by atoms with van der Waals surface area (Å²) in [5.41, 5.74) is 1.83. The van der Waals surface area contributed by atoms with Crippen molar-refractivity contribution in [1.82, 2.24) is 20.0 Å². The maximum atomic E-state index is 12.8. The molecule has 1 aliphatic heterocycles. The van der Waals surface area contributed by atoms with Gasteiger partial charge in [-0.1, -0.05) is 5.16 Å². The number of aromatic nitrogens is 3. The number of aryl methyl sites for hydroxylation is 2. The summed E-state index contributed by atoms with van der Waals surface area (Å²) in [6, 6.07) is 0. The average Bonchev–Trinajstić information content (AvgIpc) is 2.93. The van der Waals surface area contributed by atoms with Crippen LogP contribution in [0.25, 0.3) is 0 Å². The van der Waals surface area contributed by atoms with Gasteiger partial charge in [0, 0.05) is 26.0 Å². The van der Waals surface area contributed by atoms with E-state index >= 15 is 0 Å². The largest absolute Gasteiger partial charge is 0.372 e. The lowest BCUT2D eigenvalue weighted by Gasteiger charge is -2.33. The molecule has 0 radical (unpaired) electrons. The van der Waals surface area contributed by atoms with Crippen LogP contribution in [-0.2, 0) is 4.74 Å². The van der Waals surface area contributed by atoms with Crippen LogP contribution in [0.2, 0.25) is 0 Å². The van der Waals surface area contributed by atoms with Crippen LogP contribution in [-0.4, -0.2) is 52.7 Å². The number of hydrogen-bond donors (Lipinski definition) is 1. The maximum Gasteiger partial charge on any atom is 0.259 e. The monoisotopic (exact) mass is 317 g/mol. The number of amides is 1. The van der Waals surface area contributed by atoms with Gasteiger partial charge in [0.1, 0.15) is 28.9 Å². The second kappa shape index (κ2) is 6.33. The van der Waals surface area contributed by atoms with Crippen molar-refractivity contribution in [2.75, 3.05) is 32.1 Å². The molecule has 0 saturated carbocycles. The zero-order chi connectivity index (χ0) is 16.4. The van der Waals surface area contributed by atoms with Crippen LogP contribution in [0.4, 0.5) is 5.82 Å². The first-order valence-electron chi connectivity index (χ1n) is 7.44. The van der Waals surface area contributed by atoms with Gasteiger partial charge in [-0.25, -0.2) is 4.98 Å². The number of hydrogen-bond acceptors (Lipinski definition) is 7. The lowest BCUT2D eigenvalue weighted by atomic mass is 10.1. The van der Waals surface area contributed by atoms with Crippen LogP contribution >= 0.6 is 0 Å². The highest BCUT2D eigenvalue weighted by Gasteiger charge is 2.31. The average molecular weight is 317 g/mol. The van der Waals surface area contributed by atoms with Crippen molar-refractivity contribution in [3.8, 4) is 0 Å². The van der Waals surface area contributed by atoms with E-state index < -0.39 is 0 Å². The zero-order valence-electron chi connectivity index (χ0n) is 13.4. The lowest BCUT2D eigenvalue weighted by molar-refractivity contribution is -0.0246. The first-order chi connectivity index (χ1) is 11.1. The van der Waals surface area contributed by atoms with Crippen LogP contribution in [0.5, 0.6) is 0 Å². The summed E-state index contributed by atoms with van der Waals surface area (Å²) in [6.45, 7) is 4.89. The van der Waals surface area contributed by atoms with Crippen molar-refractivity contribution in [2.24, 2.45) is 0 Å².